The van der Waals surface area contributed by atoms with Gasteiger partial charge < -0.3 is 9.47 Å². The predicted octanol–water partition coefficient (Wildman–Crippen LogP) is 5.97. The van der Waals surface area contributed by atoms with E-state index in [1.165, 1.54) is 12.2 Å². The summed E-state index contributed by atoms with van der Waals surface area (Å²) in [6.07, 6.45) is 6.23. The molecule has 30 heavy (non-hydrogen) atoms. The molecule has 0 aromatic heterocycles. The van der Waals surface area contributed by atoms with Gasteiger partial charge in [0, 0.05) is 21.7 Å². The first-order valence-corrected chi connectivity index (χ1v) is 9.95. The average Bonchev–Trinajstić information content (AvgIpc) is 2.77. The largest absolute Gasteiger partial charge is 0.496 e. The number of hydrogen-bond acceptors (Lipinski definition) is 4. The smallest absolute Gasteiger partial charge is 0.336 e. The van der Waals surface area contributed by atoms with Crippen molar-refractivity contribution in [3.05, 3.63) is 106 Å². The maximum absolute atomic E-state index is 12.4. The molecule has 150 valence electrons. The van der Waals surface area contributed by atoms with Crippen LogP contribution in [0.2, 0.25) is 0 Å². The summed E-state index contributed by atoms with van der Waals surface area (Å²) in [5.41, 5.74) is 2.18. The Morgan fingerprint density at radius 2 is 1.60 bits per heavy atom. The van der Waals surface area contributed by atoms with Crippen LogP contribution in [0.4, 0.5) is 0 Å². The second kappa shape index (κ2) is 10.4. The molecule has 0 aliphatic carbocycles. The lowest BCUT2D eigenvalue weighted by atomic mass is 10.1. The fraction of sp³-hybridized carbons (Fsp3) is 0.0400. The van der Waals surface area contributed by atoms with Gasteiger partial charge in [-0.15, -0.1) is 0 Å². The highest BCUT2D eigenvalue weighted by atomic mass is 79.9. The summed E-state index contributed by atoms with van der Waals surface area (Å²) in [6.45, 7) is 0. The van der Waals surface area contributed by atoms with E-state index in [4.69, 9.17) is 9.47 Å². The minimum atomic E-state index is -0.487. The van der Waals surface area contributed by atoms with Gasteiger partial charge in [0.15, 0.2) is 5.78 Å². The molecule has 0 atom stereocenters. The third kappa shape index (κ3) is 6.03. The van der Waals surface area contributed by atoms with E-state index in [2.05, 4.69) is 15.9 Å². The fourth-order valence-corrected chi connectivity index (χ4v) is 3.04. The highest BCUT2D eigenvalue weighted by molar-refractivity contribution is 9.10. The highest BCUT2D eigenvalue weighted by Crippen LogP contribution is 2.24. The zero-order chi connectivity index (χ0) is 21.3. The maximum Gasteiger partial charge on any atom is 0.336 e. The Hall–Kier alpha value is -3.44. The van der Waals surface area contributed by atoms with Crippen LogP contribution in [0.15, 0.2) is 89.4 Å². The molecule has 0 aliphatic heterocycles. The highest BCUT2D eigenvalue weighted by Gasteiger charge is 2.06. The number of rotatable bonds is 7. The Labute approximate surface area is 183 Å². The molecule has 0 saturated carbocycles. The Bertz CT molecular complexity index is 1080. The van der Waals surface area contributed by atoms with Gasteiger partial charge in [-0.1, -0.05) is 46.3 Å². The van der Waals surface area contributed by atoms with Gasteiger partial charge in [-0.25, -0.2) is 4.79 Å². The van der Waals surface area contributed by atoms with Gasteiger partial charge in [0.05, 0.1) is 7.11 Å². The van der Waals surface area contributed by atoms with E-state index >= 15 is 0 Å². The number of halogens is 1. The van der Waals surface area contributed by atoms with Crippen LogP contribution < -0.4 is 9.47 Å². The number of esters is 1. The van der Waals surface area contributed by atoms with Gasteiger partial charge in [0.25, 0.3) is 0 Å². The molecule has 0 radical (unpaired) electrons. The Kier molecular flexibility index (Phi) is 7.35. The molecular formula is C25H19BrO4. The first-order valence-electron chi connectivity index (χ1n) is 9.16. The maximum atomic E-state index is 12.4. The molecular weight excluding hydrogens is 444 g/mol. The van der Waals surface area contributed by atoms with E-state index in [0.29, 0.717) is 17.1 Å². The molecule has 0 fully saturated rings. The average molecular weight is 463 g/mol. The van der Waals surface area contributed by atoms with Crippen molar-refractivity contribution in [3.63, 3.8) is 0 Å². The minimum Gasteiger partial charge on any atom is -0.496 e. The Morgan fingerprint density at radius 3 is 2.30 bits per heavy atom. The topological polar surface area (TPSA) is 52.6 Å². The molecule has 0 heterocycles. The van der Waals surface area contributed by atoms with Crippen molar-refractivity contribution < 1.29 is 19.1 Å². The Balaban J connectivity index is 1.62. The van der Waals surface area contributed by atoms with Gasteiger partial charge >= 0.3 is 5.97 Å². The minimum absolute atomic E-state index is 0.168. The van der Waals surface area contributed by atoms with Crippen molar-refractivity contribution in [2.24, 2.45) is 0 Å². The third-order valence-electron chi connectivity index (χ3n) is 4.17. The molecule has 0 unspecified atom stereocenters. The van der Waals surface area contributed by atoms with Crippen molar-refractivity contribution in [2.45, 2.75) is 0 Å². The van der Waals surface area contributed by atoms with Crippen LogP contribution >= 0.6 is 15.9 Å². The van der Waals surface area contributed by atoms with Gasteiger partial charge in [0.2, 0.25) is 0 Å². The van der Waals surface area contributed by atoms with Crippen LogP contribution in [0.25, 0.3) is 12.2 Å². The van der Waals surface area contributed by atoms with E-state index < -0.39 is 5.97 Å². The summed E-state index contributed by atoms with van der Waals surface area (Å²) in [4.78, 5) is 24.4. The van der Waals surface area contributed by atoms with Crippen molar-refractivity contribution >= 4 is 39.8 Å². The lowest BCUT2D eigenvalue weighted by Gasteiger charge is -2.05. The van der Waals surface area contributed by atoms with Gasteiger partial charge in [0.1, 0.15) is 11.5 Å². The van der Waals surface area contributed by atoms with Crippen LogP contribution in [-0.4, -0.2) is 18.9 Å². The second-order valence-electron chi connectivity index (χ2n) is 6.27. The van der Waals surface area contributed by atoms with Crippen molar-refractivity contribution in [3.8, 4) is 11.5 Å². The summed E-state index contributed by atoms with van der Waals surface area (Å²) in [6, 6.07) is 21.5. The van der Waals surface area contributed by atoms with Crippen molar-refractivity contribution in [1.82, 2.24) is 0 Å². The van der Waals surface area contributed by atoms with Crippen molar-refractivity contribution in [2.75, 3.05) is 7.11 Å². The molecule has 3 aromatic carbocycles. The van der Waals surface area contributed by atoms with Crippen LogP contribution in [0.1, 0.15) is 21.5 Å². The number of allylic oxidation sites excluding steroid dienone is 1. The predicted molar refractivity (Wildman–Crippen MR) is 122 cm³/mol. The summed E-state index contributed by atoms with van der Waals surface area (Å²) in [5.74, 6) is 0.387. The molecule has 0 aliphatic rings. The normalized spacial score (nSPS) is 11.0. The zero-order valence-electron chi connectivity index (χ0n) is 16.2. The molecule has 0 spiro atoms. The SMILES string of the molecule is COc1ccc(Br)cc1C=CC(=O)c1ccc(OC(=O)/C=C/c2ccccc2)cc1. The third-order valence-corrected chi connectivity index (χ3v) is 4.67. The molecule has 0 bridgehead atoms. The van der Waals surface area contributed by atoms with Crippen molar-refractivity contribution in [1.29, 1.82) is 0 Å². The number of benzene rings is 3. The lowest BCUT2D eigenvalue weighted by Crippen LogP contribution is -2.04. The number of methoxy groups -OCH3 is 1. The van der Waals surface area contributed by atoms with E-state index in [9.17, 15) is 9.59 Å². The zero-order valence-corrected chi connectivity index (χ0v) is 17.8. The number of ether oxygens (including phenoxy) is 2. The van der Waals surface area contributed by atoms with E-state index in [1.54, 1.807) is 43.5 Å². The molecule has 0 N–H and O–H groups in total. The molecule has 3 rings (SSSR count). The number of carbonyl (C=O) groups is 2. The van der Waals surface area contributed by atoms with Gasteiger partial charge in [-0.3, -0.25) is 4.79 Å². The number of hydrogen-bond donors (Lipinski definition) is 0. The molecule has 4 nitrogen and oxygen atoms in total. The first-order chi connectivity index (χ1) is 14.5. The van der Waals surface area contributed by atoms with Gasteiger partial charge in [-0.05, 0) is 66.3 Å². The van der Waals surface area contributed by atoms with E-state index in [-0.39, 0.29) is 5.78 Å². The fourth-order valence-electron chi connectivity index (χ4n) is 2.66. The van der Waals surface area contributed by atoms with E-state index in [1.807, 2.05) is 48.5 Å². The number of ketones is 1. The molecule has 5 heteroatoms. The van der Waals surface area contributed by atoms with Crippen LogP contribution in [0.3, 0.4) is 0 Å². The molecule has 3 aromatic rings. The summed E-state index contributed by atoms with van der Waals surface area (Å²) in [7, 11) is 1.58. The van der Waals surface area contributed by atoms with Crippen LogP contribution in [0.5, 0.6) is 11.5 Å². The second-order valence-corrected chi connectivity index (χ2v) is 7.19. The number of carbonyl (C=O) groups excluding carboxylic acids is 2. The first kappa shape index (κ1) is 21.3. The monoisotopic (exact) mass is 462 g/mol. The standard InChI is InChI=1S/C25H19BrO4/c1-29-24-15-11-21(26)17-20(24)10-14-23(27)19-8-12-22(13-9-19)30-25(28)16-7-18-5-3-2-4-6-18/h2-17H,1H3/b14-10?,16-7+. The lowest BCUT2D eigenvalue weighted by molar-refractivity contribution is -0.128. The van der Waals surface area contributed by atoms with Gasteiger partial charge in [-0.2, -0.15) is 0 Å². The van der Waals surface area contributed by atoms with E-state index in [0.717, 1.165) is 15.6 Å². The van der Waals surface area contributed by atoms with Crippen LogP contribution in [-0.2, 0) is 4.79 Å². The van der Waals surface area contributed by atoms with Crippen LogP contribution in [0, 0.1) is 0 Å². The summed E-state index contributed by atoms with van der Waals surface area (Å²) < 4.78 is 11.5. The summed E-state index contributed by atoms with van der Waals surface area (Å²) in [5, 5.41) is 0. The quantitative estimate of drug-likeness (QED) is 0.188. The molecule has 0 amide bonds. The molecule has 0 saturated heterocycles. The summed E-state index contributed by atoms with van der Waals surface area (Å²) >= 11 is 3.41. The Morgan fingerprint density at radius 1 is 0.867 bits per heavy atom.